The second-order valence-corrected chi connectivity index (χ2v) is 7.04. The second kappa shape index (κ2) is 9.36. The van der Waals surface area contributed by atoms with Crippen LogP contribution in [0.3, 0.4) is 0 Å². The fourth-order valence-corrected chi connectivity index (χ4v) is 3.08. The number of hydrogen-bond donors (Lipinski definition) is 2. The predicted octanol–water partition coefficient (Wildman–Crippen LogP) is 1.70. The minimum Gasteiger partial charge on any atom is -0.379 e. The van der Waals surface area contributed by atoms with Gasteiger partial charge in [-0.3, -0.25) is 9.89 Å². The van der Waals surface area contributed by atoms with Crippen LogP contribution in [-0.4, -0.2) is 63.3 Å². The highest BCUT2D eigenvalue weighted by Crippen LogP contribution is 2.31. The topological polar surface area (TPSA) is 48.9 Å². The molecular weight excluding hydrogens is 276 g/mol. The zero-order chi connectivity index (χ0) is 15.8. The summed E-state index contributed by atoms with van der Waals surface area (Å²) in [6.45, 7) is 10.4. The average molecular weight is 310 g/mol. The number of guanidine groups is 1. The first-order valence-electron chi connectivity index (χ1n) is 8.95. The number of nitrogens with one attached hydrogen (secondary N) is 2. The summed E-state index contributed by atoms with van der Waals surface area (Å²) in [6.07, 6.45) is 5.33. The predicted molar refractivity (Wildman–Crippen MR) is 92.3 cm³/mol. The number of rotatable bonds is 8. The number of aliphatic imine (C=N–C) groups is 1. The quantitative estimate of drug-likeness (QED) is 0.529. The molecule has 1 heterocycles. The van der Waals surface area contributed by atoms with Gasteiger partial charge in [0.05, 0.1) is 13.2 Å². The summed E-state index contributed by atoms with van der Waals surface area (Å²) in [6, 6.07) is 0.561. The van der Waals surface area contributed by atoms with Crippen molar-refractivity contribution in [1.29, 1.82) is 0 Å². The van der Waals surface area contributed by atoms with Crippen LogP contribution in [0.5, 0.6) is 0 Å². The monoisotopic (exact) mass is 310 g/mol. The van der Waals surface area contributed by atoms with E-state index >= 15 is 0 Å². The van der Waals surface area contributed by atoms with Gasteiger partial charge < -0.3 is 15.4 Å². The Bertz CT molecular complexity index is 336. The number of ether oxygens (including phenoxy) is 1. The van der Waals surface area contributed by atoms with E-state index in [-0.39, 0.29) is 0 Å². The highest BCUT2D eigenvalue weighted by atomic mass is 16.5. The van der Waals surface area contributed by atoms with Crippen LogP contribution in [0, 0.1) is 11.8 Å². The van der Waals surface area contributed by atoms with E-state index in [0.717, 1.165) is 51.3 Å². The lowest BCUT2D eigenvalue weighted by molar-refractivity contribution is 0.0132. The summed E-state index contributed by atoms with van der Waals surface area (Å²) in [5.41, 5.74) is 0. The summed E-state index contributed by atoms with van der Waals surface area (Å²) >= 11 is 0. The summed E-state index contributed by atoms with van der Waals surface area (Å²) in [5.74, 6) is 2.62. The number of nitrogens with zero attached hydrogens (tertiary/aromatic N) is 2. The van der Waals surface area contributed by atoms with E-state index < -0.39 is 0 Å². The van der Waals surface area contributed by atoms with E-state index in [1.165, 1.54) is 25.7 Å². The van der Waals surface area contributed by atoms with Crippen molar-refractivity contribution in [3.63, 3.8) is 0 Å². The highest BCUT2D eigenvalue weighted by Gasteiger charge is 2.23. The molecule has 2 fully saturated rings. The second-order valence-electron chi connectivity index (χ2n) is 7.04. The van der Waals surface area contributed by atoms with Gasteiger partial charge in [0, 0.05) is 39.3 Å². The van der Waals surface area contributed by atoms with Crippen LogP contribution >= 0.6 is 0 Å². The molecule has 1 aliphatic heterocycles. The van der Waals surface area contributed by atoms with Gasteiger partial charge in [-0.15, -0.1) is 0 Å². The Labute approximate surface area is 135 Å². The lowest BCUT2D eigenvalue weighted by Crippen LogP contribution is -2.51. The molecule has 2 aliphatic rings. The molecule has 0 radical (unpaired) electrons. The largest absolute Gasteiger partial charge is 0.379 e. The van der Waals surface area contributed by atoms with E-state index in [4.69, 9.17) is 4.74 Å². The van der Waals surface area contributed by atoms with Crippen molar-refractivity contribution in [1.82, 2.24) is 15.5 Å². The van der Waals surface area contributed by atoms with E-state index in [9.17, 15) is 0 Å². The first-order chi connectivity index (χ1) is 10.7. The van der Waals surface area contributed by atoms with Gasteiger partial charge in [-0.2, -0.15) is 0 Å². The summed E-state index contributed by atoms with van der Waals surface area (Å²) < 4.78 is 5.48. The number of hydrogen-bond acceptors (Lipinski definition) is 3. The zero-order valence-corrected chi connectivity index (χ0v) is 14.6. The molecule has 1 aliphatic carbocycles. The SMILES string of the molecule is CN=C(NCCC1CC1)NCC(CC(C)C)N1CCOCC1. The number of morpholine rings is 1. The van der Waals surface area contributed by atoms with Crippen molar-refractivity contribution in [2.75, 3.05) is 46.4 Å². The maximum Gasteiger partial charge on any atom is 0.191 e. The van der Waals surface area contributed by atoms with Crippen LogP contribution in [0.1, 0.15) is 39.5 Å². The Morgan fingerprint density at radius 1 is 1.23 bits per heavy atom. The van der Waals surface area contributed by atoms with Crippen molar-refractivity contribution >= 4 is 5.96 Å². The van der Waals surface area contributed by atoms with Crippen LogP contribution in [0.2, 0.25) is 0 Å². The molecule has 0 aromatic rings. The fourth-order valence-electron chi connectivity index (χ4n) is 3.08. The lowest BCUT2D eigenvalue weighted by Gasteiger charge is -2.35. The molecule has 1 atom stereocenters. The third-order valence-electron chi connectivity index (χ3n) is 4.58. The van der Waals surface area contributed by atoms with Crippen molar-refractivity contribution in [3.8, 4) is 0 Å². The van der Waals surface area contributed by atoms with Gasteiger partial charge in [0.1, 0.15) is 0 Å². The van der Waals surface area contributed by atoms with Crippen LogP contribution in [0.4, 0.5) is 0 Å². The normalized spacial score (nSPS) is 21.9. The minimum absolute atomic E-state index is 0.561. The minimum atomic E-state index is 0.561. The Hall–Kier alpha value is -0.810. The fraction of sp³-hybridized carbons (Fsp3) is 0.941. The molecule has 22 heavy (non-hydrogen) atoms. The molecular formula is C17H34N4O. The first-order valence-corrected chi connectivity index (χ1v) is 8.95. The molecule has 128 valence electrons. The van der Waals surface area contributed by atoms with Crippen LogP contribution < -0.4 is 10.6 Å². The van der Waals surface area contributed by atoms with Crippen LogP contribution in [0.15, 0.2) is 4.99 Å². The summed E-state index contributed by atoms with van der Waals surface area (Å²) in [7, 11) is 1.86. The standard InChI is InChI=1S/C17H34N4O/c1-14(2)12-16(21-8-10-22-11-9-21)13-20-17(18-3)19-7-6-15-4-5-15/h14-16H,4-13H2,1-3H3,(H2,18,19,20). The van der Waals surface area contributed by atoms with Gasteiger partial charge in [-0.1, -0.05) is 26.7 Å². The van der Waals surface area contributed by atoms with E-state index in [1.807, 2.05) is 7.05 Å². The molecule has 0 spiro atoms. The first kappa shape index (κ1) is 17.5. The summed E-state index contributed by atoms with van der Waals surface area (Å²) in [5, 5.41) is 6.97. The van der Waals surface area contributed by atoms with Gasteiger partial charge in [-0.05, 0) is 24.7 Å². The molecule has 0 bridgehead atoms. The third-order valence-corrected chi connectivity index (χ3v) is 4.58. The molecule has 5 nitrogen and oxygen atoms in total. The van der Waals surface area contributed by atoms with Gasteiger partial charge >= 0.3 is 0 Å². The lowest BCUT2D eigenvalue weighted by atomic mass is 10.0. The highest BCUT2D eigenvalue weighted by molar-refractivity contribution is 5.79. The van der Waals surface area contributed by atoms with Crippen LogP contribution in [0.25, 0.3) is 0 Å². The van der Waals surface area contributed by atoms with E-state index in [0.29, 0.717) is 12.0 Å². The molecule has 0 amide bonds. The molecule has 1 saturated heterocycles. The van der Waals surface area contributed by atoms with Gasteiger partial charge in [0.2, 0.25) is 0 Å². The maximum atomic E-state index is 5.48. The van der Waals surface area contributed by atoms with Crippen molar-refractivity contribution in [2.24, 2.45) is 16.8 Å². The Morgan fingerprint density at radius 3 is 2.55 bits per heavy atom. The molecule has 0 aromatic heterocycles. The molecule has 0 aromatic carbocycles. The van der Waals surface area contributed by atoms with Crippen LogP contribution in [-0.2, 0) is 4.74 Å². The van der Waals surface area contributed by atoms with Crippen molar-refractivity contribution in [2.45, 2.75) is 45.6 Å². The molecule has 1 saturated carbocycles. The van der Waals surface area contributed by atoms with E-state index in [2.05, 4.69) is 34.4 Å². The Balaban J connectivity index is 1.74. The Kier molecular flexibility index (Phi) is 7.46. The third kappa shape index (κ3) is 6.53. The average Bonchev–Trinajstić information content (AvgIpc) is 3.34. The van der Waals surface area contributed by atoms with Gasteiger partial charge in [0.15, 0.2) is 5.96 Å². The van der Waals surface area contributed by atoms with Crippen molar-refractivity contribution in [3.05, 3.63) is 0 Å². The van der Waals surface area contributed by atoms with Gasteiger partial charge in [0.25, 0.3) is 0 Å². The molecule has 2 rings (SSSR count). The van der Waals surface area contributed by atoms with Crippen molar-refractivity contribution < 1.29 is 4.74 Å². The molecule has 1 unspecified atom stereocenters. The smallest absolute Gasteiger partial charge is 0.191 e. The maximum absolute atomic E-state index is 5.48. The summed E-state index contributed by atoms with van der Waals surface area (Å²) in [4.78, 5) is 6.92. The molecule has 2 N–H and O–H groups in total. The van der Waals surface area contributed by atoms with E-state index in [1.54, 1.807) is 0 Å². The van der Waals surface area contributed by atoms with Gasteiger partial charge in [-0.25, -0.2) is 0 Å². The Morgan fingerprint density at radius 2 is 1.95 bits per heavy atom. The molecule has 5 heteroatoms. The zero-order valence-electron chi connectivity index (χ0n) is 14.6.